The highest BCUT2D eigenvalue weighted by molar-refractivity contribution is 6.30. The molecule has 1 saturated heterocycles. The molecule has 33 heavy (non-hydrogen) atoms. The van der Waals surface area contributed by atoms with Crippen LogP contribution in [0.15, 0.2) is 79.1 Å². The van der Waals surface area contributed by atoms with Crippen molar-refractivity contribution in [3.05, 3.63) is 101 Å². The van der Waals surface area contributed by atoms with Crippen molar-refractivity contribution >= 4 is 17.2 Å². The maximum atomic E-state index is 11.1. The minimum absolute atomic E-state index is 0.646. The smallest absolute Gasteiger partial charge is 0.119 e. The molecule has 5 heteroatoms. The maximum absolute atomic E-state index is 11.1. The van der Waals surface area contributed by atoms with Gasteiger partial charge in [0.25, 0.3) is 0 Å². The van der Waals surface area contributed by atoms with E-state index in [0.717, 1.165) is 61.3 Å². The summed E-state index contributed by atoms with van der Waals surface area (Å²) in [7, 11) is 0. The standard InChI is InChI=1S/C28H31ClN2O2/c1-2-33-26-8-3-6-22(20-26)27(23-7-4-16-30-21-23)9-5-17-31-18-14-28(32,15-19-31)24-10-12-25(29)13-11-24/h3-4,6-13,16,20-21,32H,2,5,14-15,17-19H2,1H3/b27-9+. The third-order valence-corrected chi connectivity index (χ3v) is 6.54. The molecule has 0 bridgehead atoms. The fourth-order valence-corrected chi connectivity index (χ4v) is 4.56. The van der Waals surface area contributed by atoms with Gasteiger partial charge in [0.2, 0.25) is 0 Å². The topological polar surface area (TPSA) is 45.6 Å². The number of hydrogen-bond donors (Lipinski definition) is 1. The Balaban J connectivity index is 1.43. The zero-order valence-electron chi connectivity index (χ0n) is 19.1. The number of benzene rings is 2. The Hall–Kier alpha value is -2.66. The van der Waals surface area contributed by atoms with E-state index in [9.17, 15) is 5.11 Å². The van der Waals surface area contributed by atoms with Gasteiger partial charge < -0.3 is 14.7 Å². The summed E-state index contributed by atoms with van der Waals surface area (Å²) in [5.41, 5.74) is 3.59. The molecule has 0 unspecified atom stereocenters. The predicted molar refractivity (Wildman–Crippen MR) is 135 cm³/mol. The fraction of sp³-hybridized carbons (Fsp3) is 0.321. The van der Waals surface area contributed by atoms with Crippen LogP contribution in [0.5, 0.6) is 5.75 Å². The summed E-state index contributed by atoms with van der Waals surface area (Å²) in [5, 5.41) is 11.8. The van der Waals surface area contributed by atoms with Gasteiger partial charge in [0.05, 0.1) is 12.2 Å². The van der Waals surface area contributed by atoms with Crippen molar-refractivity contribution in [2.45, 2.75) is 31.8 Å². The number of hydrogen-bond acceptors (Lipinski definition) is 4. The molecule has 4 nitrogen and oxygen atoms in total. The summed E-state index contributed by atoms with van der Waals surface area (Å²) >= 11 is 6.01. The van der Waals surface area contributed by atoms with Gasteiger partial charge in [-0.1, -0.05) is 48.0 Å². The summed E-state index contributed by atoms with van der Waals surface area (Å²) in [6, 6.07) is 19.9. The van der Waals surface area contributed by atoms with E-state index in [4.69, 9.17) is 16.3 Å². The summed E-state index contributed by atoms with van der Waals surface area (Å²) in [6.45, 7) is 5.33. The van der Waals surface area contributed by atoms with Crippen LogP contribution in [0.2, 0.25) is 5.02 Å². The minimum Gasteiger partial charge on any atom is -0.494 e. The van der Waals surface area contributed by atoms with Crippen molar-refractivity contribution in [1.29, 1.82) is 0 Å². The third-order valence-electron chi connectivity index (χ3n) is 6.29. The van der Waals surface area contributed by atoms with Gasteiger partial charge in [-0.25, -0.2) is 0 Å². The van der Waals surface area contributed by atoms with Gasteiger partial charge >= 0.3 is 0 Å². The minimum atomic E-state index is -0.766. The van der Waals surface area contributed by atoms with Crippen LogP contribution in [-0.2, 0) is 5.60 Å². The highest BCUT2D eigenvalue weighted by atomic mass is 35.5. The first-order valence-electron chi connectivity index (χ1n) is 11.6. The zero-order valence-corrected chi connectivity index (χ0v) is 19.8. The van der Waals surface area contributed by atoms with Crippen molar-refractivity contribution in [2.75, 3.05) is 26.2 Å². The number of likely N-dealkylation sites (tertiary alicyclic amines) is 1. The van der Waals surface area contributed by atoms with Crippen LogP contribution in [0.3, 0.4) is 0 Å². The quantitative estimate of drug-likeness (QED) is 0.450. The highest BCUT2D eigenvalue weighted by Gasteiger charge is 2.33. The Kier molecular flexibility index (Phi) is 7.81. The predicted octanol–water partition coefficient (Wildman–Crippen LogP) is 5.94. The van der Waals surface area contributed by atoms with Gasteiger partial charge in [-0.2, -0.15) is 0 Å². The molecule has 0 radical (unpaired) electrons. The largest absolute Gasteiger partial charge is 0.494 e. The lowest BCUT2D eigenvalue weighted by molar-refractivity contribution is -0.0254. The van der Waals surface area contributed by atoms with Crippen molar-refractivity contribution in [1.82, 2.24) is 9.88 Å². The van der Waals surface area contributed by atoms with Gasteiger partial charge in [-0.15, -0.1) is 0 Å². The lowest BCUT2D eigenvalue weighted by atomic mass is 9.84. The molecule has 1 fully saturated rings. The lowest BCUT2D eigenvalue weighted by Crippen LogP contribution is -2.42. The molecule has 0 amide bonds. The summed E-state index contributed by atoms with van der Waals surface area (Å²) in [4.78, 5) is 6.75. The average Bonchev–Trinajstić information content (AvgIpc) is 2.84. The van der Waals surface area contributed by atoms with E-state index in [1.165, 1.54) is 5.57 Å². The van der Waals surface area contributed by atoms with E-state index in [2.05, 4.69) is 34.2 Å². The lowest BCUT2D eigenvalue weighted by Gasteiger charge is -2.38. The van der Waals surface area contributed by atoms with E-state index in [1.54, 1.807) is 6.20 Å². The Morgan fingerprint density at radius 2 is 1.85 bits per heavy atom. The van der Waals surface area contributed by atoms with Crippen LogP contribution in [0.1, 0.15) is 42.9 Å². The molecule has 0 saturated carbocycles. The number of pyridine rings is 1. The Morgan fingerprint density at radius 1 is 1.09 bits per heavy atom. The monoisotopic (exact) mass is 462 g/mol. The maximum Gasteiger partial charge on any atom is 0.119 e. The van der Waals surface area contributed by atoms with Crippen LogP contribution < -0.4 is 4.74 Å². The third kappa shape index (κ3) is 6.02. The molecule has 172 valence electrons. The second-order valence-electron chi connectivity index (χ2n) is 8.49. The summed E-state index contributed by atoms with van der Waals surface area (Å²) in [5.74, 6) is 0.877. The molecule has 2 aromatic carbocycles. The summed E-state index contributed by atoms with van der Waals surface area (Å²) in [6.07, 6.45) is 8.37. The van der Waals surface area contributed by atoms with Crippen LogP contribution in [-0.4, -0.2) is 41.2 Å². The van der Waals surface area contributed by atoms with E-state index >= 15 is 0 Å². The molecule has 1 aromatic heterocycles. The number of ether oxygens (including phenoxy) is 1. The van der Waals surface area contributed by atoms with Gasteiger partial charge in [0, 0.05) is 42.6 Å². The number of nitrogens with zero attached hydrogens (tertiary/aromatic N) is 2. The first-order chi connectivity index (χ1) is 16.1. The van der Waals surface area contributed by atoms with Crippen molar-refractivity contribution in [2.24, 2.45) is 0 Å². The second kappa shape index (κ2) is 11.0. The van der Waals surface area contributed by atoms with Crippen LogP contribution in [0.4, 0.5) is 0 Å². The molecule has 1 aliphatic rings. The molecular weight excluding hydrogens is 432 g/mol. The Labute approximate surface area is 201 Å². The van der Waals surface area contributed by atoms with Crippen molar-refractivity contribution < 1.29 is 9.84 Å². The number of aliphatic hydroxyl groups is 1. The van der Waals surface area contributed by atoms with Gasteiger partial charge in [-0.05, 0) is 73.2 Å². The van der Waals surface area contributed by atoms with E-state index in [0.29, 0.717) is 11.6 Å². The molecule has 1 aliphatic heterocycles. The molecule has 2 heterocycles. The number of piperidine rings is 1. The first-order valence-corrected chi connectivity index (χ1v) is 12.0. The normalized spacial score (nSPS) is 16.5. The molecule has 4 rings (SSSR count). The van der Waals surface area contributed by atoms with Crippen LogP contribution in [0, 0.1) is 0 Å². The van der Waals surface area contributed by atoms with Crippen LogP contribution >= 0.6 is 11.6 Å². The van der Waals surface area contributed by atoms with E-state index in [1.807, 2.05) is 55.6 Å². The Morgan fingerprint density at radius 3 is 2.55 bits per heavy atom. The molecular formula is C28H31ClN2O2. The van der Waals surface area contributed by atoms with Crippen molar-refractivity contribution in [3.63, 3.8) is 0 Å². The van der Waals surface area contributed by atoms with E-state index < -0.39 is 5.60 Å². The Bertz CT molecular complexity index is 1060. The second-order valence-corrected chi connectivity index (χ2v) is 8.93. The van der Waals surface area contributed by atoms with E-state index in [-0.39, 0.29) is 0 Å². The number of halogens is 1. The first kappa shape index (κ1) is 23.5. The molecule has 0 aliphatic carbocycles. The molecule has 3 aromatic rings. The van der Waals surface area contributed by atoms with Crippen LogP contribution in [0.25, 0.3) is 5.57 Å². The number of aromatic nitrogens is 1. The fourth-order valence-electron chi connectivity index (χ4n) is 4.43. The van der Waals surface area contributed by atoms with Gasteiger partial charge in [0.15, 0.2) is 0 Å². The average molecular weight is 463 g/mol. The highest BCUT2D eigenvalue weighted by Crippen LogP contribution is 2.33. The summed E-state index contributed by atoms with van der Waals surface area (Å²) < 4.78 is 5.71. The SMILES string of the molecule is CCOc1cccc(/C(=C\CCN2CCC(O)(c3ccc(Cl)cc3)CC2)c2cccnc2)c1. The van der Waals surface area contributed by atoms with Crippen molar-refractivity contribution in [3.8, 4) is 5.75 Å². The van der Waals surface area contributed by atoms with Gasteiger partial charge in [-0.3, -0.25) is 4.98 Å². The number of rotatable bonds is 8. The molecule has 0 spiro atoms. The molecule has 0 atom stereocenters. The zero-order chi connectivity index (χ0) is 23.1. The molecule has 1 N–H and O–H groups in total. The van der Waals surface area contributed by atoms with Gasteiger partial charge in [0.1, 0.15) is 5.75 Å².